The van der Waals surface area contributed by atoms with Crippen molar-refractivity contribution in [1.82, 2.24) is 10.2 Å². The number of hydrogen-bond donors (Lipinski definition) is 1. The van der Waals surface area contributed by atoms with Gasteiger partial charge in [-0.2, -0.15) is 5.10 Å². The summed E-state index contributed by atoms with van der Waals surface area (Å²) < 4.78 is 5.54. The van der Waals surface area contributed by atoms with Gasteiger partial charge in [0.1, 0.15) is 0 Å². The third kappa shape index (κ3) is 2.15. The van der Waals surface area contributed by atoms with Gasteiger partial charge in [-0.05, 0) is 25.5 Å². The molecular weight excluding hydrogens is 204 g/mol. The summed E-state index contributed by atoms with van der Waals surface area (Å²) in [7, 11) is 2.03. The minimum Gasteiger partial charge on any atom is -0.376 e. The first-order valence-electron chi connectivity index (χ1n) is 5.59. The van der Waals surface area contributed by atoms with Gasteiger partial charge in [0.15, 0.2) is 5.82 Å². The molecule has 1 aromatic rings. The molecule has 1 saturated heterocycles. The number of ether oxygens (including phenoxy) is 1. The lowest BCUT2D eigenvalue weighted by Gasteiger charge is -2.27. The molecule has 0 radical (unpaired) electrons. The maximum atomic E-state index is 5.54. The topological polar surface area (TPSA) is 64.3 Å². The molecule has 2 heterocycles. The molecule has 2 atom stereocenters. The normalized spacial score (nSPS) is 24.7. The Kier molecular flexibility index (Phi) is 3.36. The Morgan fingerprint density at radius 3 is 2.81 bits per heavy atom. The highest BCUT2D eigenvalue weighted by Gasteiger charge is 2.28. The Bertz CT molecular complexity index is 340. The minimum absolute atomic E-state index is 0.251. The third-order valence-corrected chi connectivity index (χ3v) is 3.11. The van der Waals surface area contributed by atoms with Crippen molar-refractivity contribution in [3.05, 3.63) is 17.8 Å². The summed E-state index contributed by atoms with van der Waals surface area (Å²) in [4.78, 5) is 2.13. The fourth-order valence-corrected chi connectivity index (χ4v) is 2.05. The third-order valence-electron chi connectivity index (χ3n) is 3.11. The van der Waals surface area contributed by atoms with Gasteiger partial charge in [-0.3, -0.25) is 0 Å². The van der Waals surface area contributed by atoms with Crippen LogP contribution in [0.5, 0.6) is 0 Å². The van der Waals surface area contributed by atoms with Crippen LogP contribution in [0.15, 0.2) is 12.1 Å². The highest BCUT2D eigenvalue weighted by atomic mass is 16.5. The standard InChI is InChI=1S/C11H18N4O/c1-8-10(5-6-16-8)15(2)11-4-3-9(7-12)13-14-11/h3-4,8,10H,5-7,12H2,1-2H3. The molecule has 1 aromatic heterocycles. The molecule has 0 aliphatic carbocycles. The Morgan fingerprint density at radius 2 is 2.31 bits per heavy atom. The lowest BCUT2D eigenvalue weighted by atomic mass is 10.1. The van der Waals surface area contributed by atoms with Crippen LogP contribution in [0, 0.1) is 0 Å². The number of aromatic nitrogens is 2. The molecular formula is C11H18N4O. The molecule has 88 valence electrons. The van der Waals surface area contributed by atoms with Crippen molar-refractivity contribution in [3.63, 3.8) is 0 Å². The van der Waals surface area contributed by atoms with Crippen molar-refractivity contribution in [1.29, 1.82) is 0 Å². The molecule has 1 fully saturated rings. The van der Waals surface area contributed by atoms with Gasteiger partial charge in [-0.25, -0.2) is 0 Å². The quantitative estimate of drug-likeness (QED) is 0.809. The van der Waals surface area contributed by atoms with Gasteiger partial charge >= 0.3 is 0 Å². The van der Waals surface area contributed by atoms with Crippen LogP contribution in [0.4, 0.5) is 5.82 Å². The van der Waals surface area contributed by atoms with E-state index in [4.69, 9.17) is 10.5 Å². The van der Waals surface area contributed by atoms with Crippen molar-refractivity contribution in [2.45, 2.75) is 32.0 Å². The first-order valence-corrected chi connectivity index (χ1v) is 5.59. The zero-order chi connectivity index (χ0) is 11.5. The summed E-state index contributed by atoms with van der Waals surface area (Å²) in [5.74, 6) is 0.875. The van der Waals surface area contributed by atoms with E-state index in [1.165, 1.54) is 0 Å². The number of likely N-dealkylation sites (N-methyl/N-ethyl adjacent to an activating group) is 1. The highest BCUT2D eigenvalue weighted by Crippen LogP contribution is 2.22. The minimum atomic E-state index is 0.251. The van der Waals surface area contributed by atoms with Crippen LogP contribution in [0.3, 0.4) is 0 Å². The van der Waals surface area contributed by atoms with Gasteiger partial charge in [0.2, 0.25) is 0 Å². The van der Waals surface area contributed by atoms with Crippen LogP contribution in [0.2, 0.25) is 0 Å². The van der Waals surface area contributed by atoms with E-state index >= 15 is 0 Å². The fraction of sp³-hybridized carbons (Fsp3) is 0.636. The lowest BCUT2D eigenvalue weighted by molar-refractivity contribution is 0.118. The molecule has 0 amide bonds. The molecule has 0 saturated carbocycles. The van der Waals surface area contributed by atoms with E-state index in [0.29, 0.717) is 12.6 Å². The second-order valence-corrected chi connectivity index (χ2v) is 4.13. The van der Waals surface area contributed by atoms with Crippen LogP contribution >= 0.6 is 0 Å². The Labute approximate surface area is 95.6 Å². The zero-order valence-electron chi connectivity index (χ0n) is 9.76. The molecule has 1 aliphatic heterocycles. The van der Waals surface area contributed by atoms with E-state index in [1.54, 1.807) is 0 Å². The van der Waals surface area contributed by atoms with E-state index in [-0.39, 0.29) is 6.10 Å². The van der Waals surface area contributed by atoms with E-state index < -0.39 is 0 Å². The fourth-order valence-electron chi connectivity index (χ4n) is 2.05. The van der Waals surface area contributed by atoms with Gasteiger partial charge in [0, 0.05) is 20.2 Å². The summed E-state index contributed by atoms with van der Waals surface area (Å²) in [5.41, 5.74) is 6.30. The summed E-state index contributed by atoms with van der Waals surface area (Å²) >= 11 is 0. The molecule has 2 N–H and O–H groups in total. The van der Waals surface area contributed by atoms with Gasteiger partial charge in [0.25, 0.3) is 0 Å². The highest BCUT2D eigenvalue weighted by molar-refractivity contribution is 5.38. The van der Waals surface area contributed by atoms with E-state index in [9.17, 15) is 0 Å². The van der Waals surface area contributed by atoms with Gasteiger partial charge in [0.05, 0.1) is 17.8 Å². The smallest absolute Gasteiger partial charge is 0.151 e. The molecule has 0 bridgehead atoms. The van der Waals surface area contributed by atoms with E-state index in [1.807, 2.05) is 19.2 Å². The van der Waals surface area contributed by atoms with E-state index in [0.717, 1.165) is 24.5 Å². The number of hydrogen-bond acceptors (Lipinski definition) is 5. The average Bonchev–Trinajstić information content (AvgIpc) is 2.75. The maximum Gasteiger partial charge on any atom is 0.151 e. The van der Waals surface area contributed by atoms with Crippen LogP contribution in [-0.4, -0.2) is 36.0 Å². The van der Waals surface area contributed by atoms with Gasteiger partial charge in [-0.1, -0.05) is 0 Å². The number of nitrogens with zero attached hydrogens (tertiary/aromatic N) is 3. The van der Waals surface area contributed by atoms with Crippen molar-refractivity contribution >= 4 is 5.82 Å². The Balaban J connectivity index is 2.10. The maximum absolute atomic E-state index is 5.54. The predicted molar refractivity (Wildman–Crippen MR) is 62.1 cm³/mol. The van der Waals surface area contributed by atoms with Gasteiger partial charge in [-0.15, -0.1) is 5.10 Å². The largest absolute Gasteiger partial charge is 0.376 e. The van der Waals surface area contributed by atoms with Crippen LogP contribution in [0.1, 0.15) is 19.0 Å². The van der Waals surface area contributed by atoms with Crippen LogP contribution in [0.25, 0.3) is 0 Å². The molecule has 16 heavy (non-hydrogen) atoms. The molecule has 1 aliphatic rings. The number of anilines is 1. The Morgan fingerprint density at radius 1 is 1.50 bits per heavy atom. The Hall–Kier alpha value is -1.20. The zero-order valence-corrected chi connectivity index (χ0v) is 9.76. The molecule has 0 spiro atoms. The molecule has 2 rings (SSSR count). The van der Waals surface area contributed by atoms with Gasteiger partial charge < -0.3 is 15.4 Å². The number of rotatable bonds is 3. The average molecular weight is 222 g/mol. The number of nitrogens with two attached hydrogens (primary N) is 1. The second kappa shape index (κ2) is 4.76. The molecule has 5 heteroatoms. The lowest BCUT2D eigenvalue weighted by Crippen LogP contribution is -2.37. The second-order valence-electron chi connectivity index (χ2n) is 4.13. The predicted octanol–water partition coefficient (Wildman–Crippen LogP) is 0.549. The van der Waals surface area contributed by atoms with Crippen LogP contribution < -0.4 is 10.6 Å². The van der Waals surface area contributed by atoms with Crippen molar-refractivity contribution in [2.75, 3.05) is 18.6 Å². The van der Waals surface area contributed by atoms with E-state index in [2.05, 4.69) is 22.0 Å². The summed E-state index contributed by atoms with van der Waals surface area (Å²) in [6.45, 7) is 3.35. The molecule has 2 unspecified atom stereocenters. The SMILES string of the molecule is CC1OCCC1N(C)c1ccc(CN)nn1. The molecule has 5 nitrogen and oxygen atoms in total. The summed E-state index contributed by atoms with van der Waals surface area (Å²) in [5, 5.41) is 8.23. The van der Waals surface area contributed by atoms with Crippen molar-refractivity contribution in [3.8, 4) is 0 Å². The summed E-state index contributed by atoms with van der Waals surface area (Å²) in [6.07, 6.45) is 1.29. The first kappa shape index (κ1) is 11.3. The van der Waals surface area contributed by atoms with Crippen molar-refractivity contribution in [2.24, 2.45) is 5.73 Å². The monoisotopic (exact) mass is 222 g/mol. The van der Waals surface area contributed by atoms with Crippen molar-refractivity contribution < 1.29 is 4.74 Å². The first-order chi connectivity index (χ1) is 7.72. The summed E-state index contributed by atoms with van der Waals surface area (Å²) in [6, 6.07) is 4.26. The molecule has 0 aromatic carbocycles. The van der Waals surface area contributed by atoms with Crippen LogP contribution in [-0.2, 0) is 11.3 Å².